The highest BCUT2D eigenvalue weighted by atomic mass is 79.9. The number of rotatable bonds is 4. The van der Waals surface area contributed by atoms with Crippen LogP contribution in [-0.2, 0) is 16.6 Å². The third-order valence-corrected chi connectivity index (χ3v) is 6.19. The molecule has 2 rings (SSSR count). The summed E-state index contributed by atoms with van der Waals surface area (Å²) in [5, 5.41) is 1.80. The molecule has 0 bridgehead atoms. The van der Waals surface area contributed by atoms with Gasteiger partial charge < -0.3 is 5.73 Å². The molecule has 4 nitrogen and oxygen atoms in total. The minimum Gasteiger partial charge on any atom is -0.399 e. The Bertz CT molecular complexity index is 778. The molecule has 2 N–H and O–H groups in total. The molecule has 114 valence electrons. The van der Waals surface area contributed by atoms with Gasteiger partial charge in [-0.15, -0.1) is 11.3 Å². The number of hydrogen-bond donors (Lipinski definition) is 1. The smallest absolute Gasteiger partial charge is 0.246 e. The Morgan fingerprint density at radius 1 is 1.33 bits per heavy atom. The van der Waals surface area contributed by atoms with Gasteiger partial charge in [0.2, 0.25) is 10.0 Å². The van der Waals surface area contributed by atoms with Crippen LogP contribution in [0.25, 0.3) is 0 Å². The highest BCUT2D eigenvalue weighted by molar-refractivity contribution is 9.10. The maximum atomic E-state index is 13.7. The molecule has 1 heterocycles. The zero-order valence-electron chi connectivity index (χ0n) is 10.8. The highest BCUT2D eigenvalue weighted by Gasteiger charge is 2.27. The van der Waals surface area contributed by atoms with Gasteiger partial charge in [-0.2, -0.15) is 4.31 Å². The van der Waals surface area contributed by atoms with Gasteiger partial charge in [0.05, 0.1) is 0 Å². The van der Waals surface area contributed by atoms with Crippen LogP contribution in [0.1, 0.15) is 4.88 Å². The molecule has 2 aromatic rings. The first-order chi connectivity index (χ1) is 9.71. The number of sulfonamides is 1. The van der Waals surface area contributed by atoms with Crippen LogP contribution in [-0.4, -0.2) is 19.8 Å². The SMILES string of the molecule is CN(Cc1cc(Br)cs1)S(=O)(=O)c1cc(N)cc(F)c1F. The molecule has 0 unspecified atom stereocenters. The van der Waals surface area contributed by atoms with E-state index in [0.29, 0.717) is 0 Å². The average molecular weight is 397 g/mol. The monoisotopic (exact) mass is 396 g/mol. The molecule has 0 aliphatic rings. The van der Waals surface area contributed by atoms with Gasteiger partial charge in [-0.1, -0.05) is 0 Å². The number of benzene rings is 1. The van der Waals surface area contributed by atoms with Gasteiger partial charge >= 0.3 is 0 Å². The van der Waals surface area contributed by atoms with Crippen molar-refractivity contribution >= 4 is 43.0 Å². The second kappa shape index (κ2) is 5.99. The van der Waals surface area contributed by atoms with Gasteiger partial charge in [-0.3, -0.25) is 0 Å². The first kappa shape index (κ1) is 16.3. The summed E-state index contributed by atoms with van der Waals surface area (Å²) in [6, 6.07) is 3.41. The van der Waals surface area contributed by atoms with Gasteiger partial charge in [0.25, 0.3) is 0 Å². The van der Waals surface area contributed by atoms with Crippen molar-refractivity contribution in [3.63, 3.8) is 0 Å². The van der Waals surface area contributed by atoms with Gasteiger partial charge in [0.15, 0.2) is 11.6 Å². The van der Waals surface area contributed by atoms with Gasteiger partial charge in [-0.25, -0.2) is 17.2 Å². The van der Waals surface area contributed by atoms with Crippen LogP contribution >= 0.6 is 27.3 Å². The van der Waals surface area contributed by atoms with Crippen molar-refractivity contribution in [3.05, 3.63) is 44.6 Å². The number of anilines is 1. The van der Waals surface area contributed by atoms with Crippen molar-refractivity contribution in [2.75, 3.05) is 12.8 Å². The fraction of sp³-hybridized carbons (Fsp3) is 0.167. The van der Waals surface area contributed by atoms with Gasteiger partial charge in [0, 0.05) is 34.0 Å². The quantitative estimate of drug-likeness (QED) is 0.807. The molecular weight excluding hydrogens is 386 g/mol. The average Bonchev–Trinajstić information content (AvgIpc) is 2.79. The van der Waals surface area contributed by atoms with Crippen LogP contribution in [0.15, 0.2) is 32.9 Å². The van der Waals surface area contributed by atoms with Crippen LogP contribution in [0.2, 0.25) is 0 Å². The van der Waals surface area contributed by atoms with Crippen molar-refractivity contribution in [1.82, 2.24) is 4.31 Å². The lowest BCUT2D eigenvalue weighted by molar-refractivity contribution is 0.449. The summed E-state index contributed by atoms with van der Waals surface area (Å²) >= 11 is 4.62. The standard InChI is InChI=1S/C12H11BrF2N2O2S2/c1-17(5-9-2-7(13)6-20-9)21(18,19)11-4-8(16)3-10(14)12(11)15/h2-4,6H,5,16H2,1H3. The Labute approximate surface area is 133 Å². The topological polar surface area (TPSA) is 63.4 Å². The molecule has 0 radical (unpaired) electrons. The second-order valence-electron chi connectivity index (χ2n) is 4.31. The number of nitrogens with zero attached hydrogens (tertiary/aromatic N) is 1. The first-order valence-electron chi connectivity index (χ1n) is 5.65. The number of thiophene rings is 1. The second-order valence-corrected chi connectivity index (χ2v) is 8.23. The third-order valence-electron chi connectivity index (χ3n) is 2.71. The molecule has 21 heavy (non-hydrogen) atoms. The van der Waals surface area contributed by atoms with E-state index in [4.69, 9.17) is 5.73 Å². The summed E-state index contributed by atoms with van der Waals surface area (Å²) in [5.74, 6) is -2.72. The lowest BCUT2D eigenvalue weighted by Gasteiger charge is -2.17. The maximum absolute atomic E-state index is 13.7. The molecule has 1 aromatic carbocycles. The summed E-state index contributed by atoms with van der Waals surface area (Å²) in [6.45, 7) is 0.0501. The highest BCUT2D eigenvalue weighted by Crippen LogP contribution is 2.26. The summed E-state index contributed by atoms with van der Waals surface area (Å²) in [7, 11) is -2.88. The fourth-order valence-corrected chi connectivity index (χ4v) is 4.52. The maximum Gasteiger partial charge on any atom is 0.246 e. The van der Waals surface area contributed by atoms with Crippen molar-refractivity contribution in [1.29, 1.82) is 0 Å². The number of hydrogen-bond acceptors (Lipinski definition) is 4. The van der Waals surface area contributed by atoms with Crippen molar-refractivity contribution in [2.45, 2.75) is 11.4 Å². The predicted molar refractivity (Wildman–Crippen MR) is 81.4 cm³/mol. The van der Waals surface area contributed by atoms with Crippen molar-refractivity contribution in [3.8, 4) is 0 Å². The number of nitrogen functional groups attached to an aromatic ring is 1. The van der Waals surface area contributed by atoms with E-state index in [0.717, 1.165) is 25.8 Å². The lowest BCUT2D eigenvalue weighted by Crippen LogP contribution is -2.27. The Kier molecular flexibility index (Phi) is 4.66. The van der Waals surface area contributed by atoms with Crippen molar-refractivity contribution < 1.29 is 17.2 Å². The Balaban J connectivity index is 2.37. The molecular formula is C12H11BrF2N2O2S2. The lowest BCUT2D eigenvalue weighted by atomic mass is 10.3. The van der Waals surface area contributed by atoms with Crippen LogP contribution in [0.3, 0.4) is 0 Å². The van der Waals surface area contributed by atoms with Gasteiger partial charge in [-0.05, 0) is 34.1 Å². The van der Waals surface area contributed by atoms with Crippen LogP contribution in [0.5, 0.6) is 0 Å². The molecule has 0 saturated heterocycles. The van der Waals surface area contributed by atoms with E-state index >= 15 is 0 Å². The van der Waals surface area contributed by atoms with E-state index in [1.165, 1.54) is 18.4 Å². The zero-order chi connectivity index (χ0) is 15.8. The molecule has 0 saturated carbocycles. The Morgan fingerprint density at radius 3 is 2.57 bits per heavy atom. The van der Waals surface area contributed by atoms with Gasteiger partial charge in [0.1, 0.15) is 4.90 Å². The van der Waals surface area contributed by atoms with Crippen LogP contribution in [0.4, 0.5) is 14.5 Å². The summed E-state index contributed by atoms with van der Waals surface area (Å²) in [6.07, 6.45) is 0. The predicted octanol–water partition coefficient (Wildman–Crippen LogP) is 3.19. The van der Waals surface area contributed by atoms with E-state index in [2.05, 4.69) is 15.9 Å². The number of halogens is 3. The molecule has 0 aliphatic carbocycles. The molecule has 0 atom stereocenters. The minimum atomic E-state index is -4.17. The van der Waals surface area contributed by atoms with Crippen LogP contribution < -0.4 is 5.73 Å². The zero-order valence-corrected chi connectivity index (χ0v) is 14.0. The normalized spacial score (nSPS) is 12.0. The summed E-state index contributed by atoms with van der Waals surface area (Å²) in [5.41, 5.74) is 5.23. The molecule has 1 aromatic heterocycles. The molecule has 0 amide bonds. The van der Waals surface area contributed by atoms with E-state index in [-0.39, 0.29) is 12.2 Å². The van der Waals surface area contributed by atoms with E-state index in [9.17, 15) is 17.2 Å². The largest absolute Gasteiger partial charge is 0.399 e. The molecule has 0 aliphatic heterocycles. The third kappa shape index (κ3) is 3.42. The van der Waals surface area contributed by atoms with Crippen molar-refractivity contribution in [2.24, 2.45) is 0 Å². The van der Waals surface area contributed by atoms with Crippen LogP contribution in [0, 0.1) is 11.6 Å². The molecule has 0 fully saturated rings. The minimum absolute atomic E-state index is 0.0501. The fourth-order valence-electron chi connectivity index (χ4n) is 1.68. The first-order valence-corrected chi connectivity index (χ1v) is 8.77. The summed E-state index contributed by atoms with van der Waals surface area (Å²) < 4.78 is 53.5. The summed E-state index contributed by atoms with van der Waals surface area (Å²) in [4.78, 5) is -0.00384. The van der Waals surface area contributed by atoms with E-state index < -0.39 is 26.6 Å². The van der Waals surface area contributed by atoms with E-state index in [1.54, 1.807) is 11.4 Å². The molecule has 0 spiro atoms. The Morgan fingerprint density at radius 2 is 2.00 bits per heavy atom. The Hall–Kier alpha value is -1.03. The molecule has 9 heteroatoms. The number of nitrogens with two attached hydrogens (primary N) is 1. The van der Waals surface area contributed by atoms with E-state index in [1.807, 2.05) is 0 Å².